The van der Waals surface area contributed by atoms with Gasteiger partial charge < -0.3 is 9.80 Å². The molecule has 0 spiro atoms. The molecule has 1 saturated heterocycles. The molecule has 1 aromatic heterocycles. The highest BCUT2D eigenvalue weighted by Gasteiger charge is 2.28. The first-order valence-corrected chi connectivity index (χ1v) is 9.49. The largest absolute Gasteiger partial charge is 0.337 e. The fraction of sp³-hybridized carbons (Fsp3) is 0.476. The minimum atomic E-state index is -0.119. The predicted molar refractivity (Wildman–Crippen MR) is 101 cm³/mol. The van der Waals surface area contributed by atoms with Crippen LogP contribution in [0.3, 0.4) is 0 Å². The highest BCUT2D eigenvalue weighted by molar-refractivity contribution is 5.83. The third kappa shape index (κ3) is 3.36. The summed E-state index contributed by atoms with van der Waals surface area (Å²) in [5.74, 6) is 1.49. The van der Waals surface area contributed by atoms with E-state index in [4.69, 9.17) is 4.98 Å². The molecule has 3 heterocycles. The standard InChI is InChI=1S/C21H26N4O/c1-15(16-6-4-3-5-7-16)21(26)25-11-9-19-18(14-25)12-22-20(23-19)17-8-10-24(2)13-17/h3-7,12,15,17H,8-11,13-14H2,1-2H3/t15-,17+/m0/s1. The van der Waals surface area contributed by atoms with Gasteiger partial charge in [-0.2, -0.15) is 0 Å². The van der Waals surface area contributed by atoms with Crippen molar-refractivity contribution in [2.24, 2.45) is 0 Å². The summed E-state index contributed by atoms with van der Waals surface area (Å²) in [5.41, 5.74) is 3.29. The summed E-state index contributed by atoms with van der Waals surface area (Å²) < 4.78 is 0. The zero-order chi connectivity index (χ0) is 18.1. The van der Waals surface area contributed by atoms with Crippen LogP contribution in [0.15, 0.2) is 36.5 Å². The van der Waals surface area contributed by atoms with Crippen molar-refractivity contribution in [1.29, 1.82) is 0 Å². The molecule has 0 aliphatic carbocycles. The van der Waals surface area contributed by atoms with Gasteiger partial charge in [0.15, 0.2) is 0 Å². The smallest absolute Gasteiger partial charge is 0.230 e. The van der Waals surface area contributed by atoms with Crippen LogP contribution in [0, 0.1) is 0 Å². The van der Waals surface area contributed by atoms with E-state index in [-0.39, 0.29) is 11.8 Å². The second kappa shape index (κ2) is 7.16. The Balaban J connectivity index is 1.47. The van der Waals surface area contributed by atoms with Crippen molar-refractivity contribution in [2.75, 3.05) is 26.7 Å². The maximum absolute atomic E-state index is 12.9. The van der Waals surface area contributed by atoms with Crippen LogP contribution in [0.4, 0.5) is 0 Å². The molecule has 26 heavy (non-hydrogen) atoms. The Hall–Kier alpha value is -2.27. The molecule has 0 bridgehead atoms. The number of likely N-dealkylation sites (tertiary alicyclic amines) is 1. The fourth-order valence-electron chi connectivity index (χ4n) is 4.02. The van der Waals surface area contributed by atoms with Crippen LogP contribution in [-0.2, 0) is 17.8 Å². The molecular weight excluding hydrogens is 324 g/mol. The number of hydrogen-bond acceptors (Lipinski definition) is 4. The normalized spacial score (nSPS) is 21.5. The highest BCUT2D eigenvalue weighted by Crippen LogP contribution is 2.27. The molecule has 1 aromatic carbocycles. The Morgan fingerprint density at radius 3 is 2.77 bits per heavy atom. The summed E-state index contributed by atoms with van der Waals surface area (Å²) in [7, 11) is 2.15. The molecule has 5 nitrogen and oxygen atoms in total. The molecule has 0 saturated carbocycles. The lowest BCUT2D eigenvalue weighted by Gasteiger charge is -2.30. The molecule has 2 aliphatic rings. The lowest BCUT2D eigenvalue weighted by molar-refractivity contribution is -0.133. The average Bonchev–Trinajstić information content (AvgIpc) is 3.13. The van der Waals surface area contributed by atoms with E-state index in [1.807, 2.05) is 48.4 Å². The van der Waals surface area contributed by atoms with E-state index in [9.17, 15) is 4.79 Å². The quantitative estimate of drug-likeness (QED) is 0.854. The van der Waals surface area contributed by atoms with Gasteiger partial charge in [0.1, 0.15) is 5.82 Å². The summed E-state index contributed by atoms with van der Waals surface area (Å²) >= 11 is 0. The number of amides is 1. The SMILES string of the molecule is C[C@H](C(=O)N1CCc2nc([C@@H]3CCN(C)C3)ncc2C1)c1ccccc1. The van der Waals surface area contributed by atoms with Crippen LogP contribution < -0.4 is 0 Å². The van der Waals surface area contributed by atoms with Crippen molar-refractivity contribution in [1.82, 2.24) is 19.8 Å². The summed E-state index contributed by atoms with van der Waals surface area (Å²) in [6.07, 6.45) is 3.90. The first kappa shape index (κ1) is 17.2. The summed E-state index contributed by atoms with van der Waals surface area (Å²) in [5, 5.41) is 0. The van der Waals surface area contributed by atoms with E-state index in [0.29, 0.717) is 12.5 Å². The van der Waals surface area contributed by atoms with Crippen LogP contribution in [0.5, 0.6) is 0 Å². The third-order valence-corrected chi connectivity index (χ3v) is 5.69. The molecule has 2 aromatic rings. The number of aromatic nitrogens is 2. The van der Waals surface area contributed by atoms with Gasteiger partial charge in [0.2, 0.25) is 5.91 Å². The lowest BCUT2D eigenvalue weighted by atomic mass is 9.98. The monoisotopic (exact) mass is 350 g/mol. The molecule has 0 radical (unpaired) electrons. The van der Waals surface area contributed by atoms with E-state index in [0.717, 1.165) is 55.1 Å². The molecule has 5 heteroatoms. The van der Waals surface area contributed by atoms with Gasteiger partial charge in [-0.05, 0) is 32.5 Å². The molecule has 0 unspecified atom stereocenters. The van der Waals surface area contributed by atoms with Gasteiger partial charge in [0, 0.05) is 43.7 Å². The number of fused-ring (bicyclic) bond motifs is 1. The number of carbonyl (C=O) groups excluding carboxylic acids is 1. The molecule has 2 atom stereocenters. The molecule has 2 aliphatic heterocycles. The number of carbonyl (C=O) groups is 1. The van der Waals surface area contributed by atoms with Gasteiger partial charge in [0.25, 0.3) is 0 Å². The minimum Gasteiger partial charge on any atom is -0.337 e. The van der Waals surface area contributed by atoms with Crippen molar-refractivity contribution in [3.05, 3.63) is 59.2 Å². The van der Waals surface area contributed by atoms with Crippen LogP contribution in [0.2, 0.25) is 0 Å². The molecule has 1 fully saturated rings. The number of nitrogens with zero attached hydrogens (tertiary/aromatic N) is 4. The summed E-state index contributed by atoms with van der Waals surface area (Å²) in [6, 6.07) is 10.00. The fourth-order valence-corrected chi connectivity index (χ4v) is 4.02. The third-order valence-electron chi connectivity index (χ3n) is 5.69. The summed E-state index contributed by atoms with van der Waals surface area (Å²) in [6.45, 7) is 5.51. The average molecular weight is 350 g/mol. The van der Waals surface area contributed by atoms with Crippen molar-refractivity contribution in [3.8, 4) is 0 Å². The van der Waals surface area contributed by atoms with Gasteiger partial charge in [-0.25, -0.2) is 9.97 Å². The Morgan fingerprint density at radius 1 is 1.23 bits per heavy atom. The Labute approximate surface area is 155 Å². The Morgan fingerprint density at radius 2 is 2.04 bits per heavy atom. The first-order valence-electron chi connectivity index (χ1n) is 9.49. The highest BCUT2D eigenvalue weighted by atomic mass is 16.2. The van der Waals surface area contributed by atoms with Crippen LogP contribution in [0.1, 0.15) is 47.8 Å². The number of likely N-dealkylation sites (N-methyl/N-ethyl adjacent to an activating group) is 1. The molecule has 0 N–H and O–H groups in total. The van der Waals surface area contributed by atoms with E-state index >= 15 is 0 Å². The zero-order valence-electron chi connectivity index (χ0n) is 15.6. The molecule has 1 amide bonds. The second-order valence-electron chi connectivity index (χ2n) is 7.59. The molecule has 136 valence electrons. The van der Waals surface area contributed by atoms with E-state index in [1.54, 1.807) is 0 Å². The topological polar surface area (TPSA) is 49.3 Å². The van der Waals surface area contributed by atoms with Gasteiger partial charge in [-0.1, -0.05) is 30.3 Å². The van der Waals surface area contributed by atoms with Crippen molar-refractivity contribution >= 4 is 5.91 Å². The second-order valence-corrected chi connectivity index (χ2v) is 7.59. The van der Waals surface area contributed by atoms with Gasteiger partial charge in [-0.3, -0.25) is 4.79 Å². The maximum Gasteiger partial charge on any atom is 0.230 e. The first-order chi connectivity index (χ1) is 12.6. The number of benzene rings is 1. The Kier molecular flexibility index (Phi) is 4.72. The van der Waals surface area contributed by atoms with Crippen LogP contribution in [0.25, 0.3) is 0 Å². The molecule has 4 rings (SSSR count). The van der Waals surface area contributed by atoms with Gasteiger partial charge >= 0.3 is 0 Å². The van der Waals surface area contributed by atoms with E-state index < -0.39 is 0 Å². The number of rotatable bonds is 3. The van der Waals surface area contributed by atoms with Gasteiger partial charge in [0.05, 0.1) is 11.6 Å². The van der Waals surface area contributed by atoms with Crippen molar-refractivity contribution < 1.29 is 4.79 Å². The minimum absolute atomic E-state index is 0.119. The van der Waals surface area contributed by atoms with Crippen LogP contribution >= 0.6 is 0 Å². The van der Waals surface area contributed by atoms with Gasteiger partial charge in [-0.15, -0.1) is 0 Å². The van der Waals surface area contributed by atoms with E-state index in [2.05, 4.69) is 16.9 Å². The van der Waals surface area contributed by atoms with E-state index in [1.165, 1.54) is 0 Å². The lowest BCUT2D eigenvalue weighted by Crippen LogP contribution is -2.39. The predicted octanol–water partition coefficient (Wildman–Crippen LogP) is 2.58. The molecular formula is C21H26N4O. The Bertz CT molecular complexity index is 792. The summed E-state index contributed by atoms with van der Waals surface area (Å²) in [4.78, 5) is 26.7. The maximum atomic E-state index is 12.9. The van der Waals surface area contributed by atoms with Crippen molar-refractivity contribution in [2.45, 2.75) is 38.1 Å². The zero-order valence-corrected chi connectivity index (χ0v) is 15.6. The van der Waals surface area contributed by atoms with Crippen LogP contribution in [-0.4, -0.2) is 52.4 Å². The number of hydrogen-bond donors (Lipinski definition) is 0. The van der Waals surface area contributed by atoms with Crippen molar-refractivity contribution in [3.63, 3.8) is 0 Å².